The first-order chi connectivity index (χ1) is 8.31. The smallest absolute Gasteiger partial charge is 0.137 e. The zero-order chi connectivity index (χ0) is 12.1. The molecule has 0 aliphatic carbocycles. The predicted octanol–water partition coefficient (Wildman–Crippen LogP) is 2.12. The molecule has 1 aromatic heterocycles. The van der Waals surface area contributed by atoms with Crippen molar-refractivity contribution in [1.82, 2.24) is 4.98 Å². The highest BCUT2D eigenvalue weighted by Gasteiger charge is 2.06. The Hall–Kier alpha value is -1.74. The van der Waals surface area contributed by atoms with Crippen molar-refractivity contribution < 1.29 is 9.90 Å². The van der Waals surface area contributed by atoms with Crippen molar-refractivity contribution in [2.24, 2.45) is 0 Å². The van der Waals surface area contributed by atoms with Gasteiger partial charge in [0.2, 0.25) is 0 Å². The first-order valence-electron chi connectivity index (χ1n) is 5.76. The van der Waals surface area contributed by atoms with E-state index in [4.69, 9.17) is 5.11 Å². The lowest BCUT2D eigenvalue weighted by Gasteiger charge is -2.04. The van der Waals surface area contributed by atoms with Gasteiger partial charge in [0.1, 0.15) is 5.78 Å². The summed E-state index contributed by atoms with van der Waals surface area (Å²) in [6.45, 7) is 0.0723. The average molecular weight is 229 g/mol. The highest BCUT2D eigenvalue weighted by molar-refractivity contribution is 5.88. The van der Waals surface area contributed by atoms with E-state index in [-0.39, 0.29) is 12.4 Å². The third-order valence-corrected chi connectivity index (χ3v) is 2.74. The minimum Gasteiger partial charge on any atom is -0.396 e. The number of hydrogen-bond acceptors (Lipinski definition) is 3. The van der Waals surface area contributed by atoms with Crippen LogP contribution in [0.25, 0.3) is 10.9 Å². The highest BCUT2D eigenvalue weighted by atomic mass is 16.3. The monoisotopic (exact) mass is 229 g/mol. The molecule has 3 nitrogen and oxygen atoms in total. The van der Waals surface area contributed by atoms with E-state index >= 15 is 0 Å². The molecule has 0 bridgehead atoms. The van der Waals surface area contributed by atoms with Crippen LogP contribution in [0, 0.1) is 0 Å². The van der Waals surface area contributed by atoms with Crippen molar-refractivity contribution in [3.8, 4) is 0 Å². The molecule has 1 aromatic carbocycles. The molecule has 0 saturated heterocycles. The van der Waals surface area contributed by atoms with Crippen molar-refractivity contribution in [1.29, 1.82) is 0 Å². The van der Waals surface area contributed by atoms with Crippen LogP contribution in [-0.2, 0) is 11.2 Å². The Morgan fingerprint density at radius 3 is 2.88 bits per heavy atom. The van der Waals surface area contributed by atoms with Crippen LogP contribution in [0.15, 0.2) is 36.5 Å². The Morgan fingerprint density at radius 1 is 1.24 bits per heavy atom. The van der Waals surface area contributed by atoms with Crippen LogP contribution in [-0.4, -0.2) is 22.5 Å². The van der Waals surface area contributed by atoms with Gasteiger partial charge >= 0.3 is 0 Å². The molecular formula is C14H15NO2. The molecule has 3 heteroatoms. The number of aliphatic hydroxyl groups excluding tert-OH is 1. The molecule has 0 radical (unpaired) electrons. The Morgan fingerprint density at radius 2 is 2.06 bits per heavy atom. The topological polar surface area (TPSA) is 50.2 Å². The number of para-hydroxylation sites is 1. The molecule has 0 saturated carbocycles. The minimum atomic E-state index is 0.0723. The van der Waals surface area contributed by atoms with Gasteiger partial charge in [0.05, 0.1) is 5.52 Å². The molecule has 0 aliphatic rings. The Bertz CT molecular complexity index is 517. The van der Waals surface area contributed by atoms with Crippen LogP contribution in [0.5, 0.6) is 0 Å². The number of carbonyl (C=O) groups excluding carboxylic acids is 1. The zero-order valence-electron chi connectivity index (χ0n) is 9.60. The van der Waals surface area contributed by atoms with Crippen LogP contribution in [0.1, 0.15) is 18.4 Å². The summed E-state index contributed by atoms with van der Waals surface area (Å²) in [6, 6.07) is 9.70. The van der Waals surface area contributed by atoms with E-state index in [1.54, 1.807) is 6.20 Å². The van der Waals surface area contributed by atoms with E-state index in [0.717, 1.165) is 16.5 Å². The van der Waals surface area contributed by atoms with E-state index in [2.05, 4.69) is 4.98 Å². The molecule has 2 aromatic rings. The molecule has 0 aliphatic heterocycles. The van der Waals surface area contributed by atoms with E-state index in [0.29, 0.717) is 19.3 Å². The van der Waals surface area contributed by atoms with Gasteiger partial charge in [-0.05, 0) is 24.1 Å². The van der Waals surface area contributed by atoms with Crippen molar-refractivity contribution in [2.75, 3.05) is 6.61 Å². The summed E-state index contributed by atoms with van der Waals surface area (Å²) in [4.78, 5) is 15.9. The summed E-state index contributed by atoms with van der Waals surface area (Å²) in [7, 11) is 0. The second-order valence-corrected chi connectivity index (χ2v) is 4.03. The molecule has 17 heavy (non-hydrogen) atoms. The maximum absolute atomic E-state index is 11.7. The molecule has 0 spiro atoms. The molecule has 88 valence electrons. The first-order valence-corrected chi connectivity index (χ1v) is 5.76. The quantitative estimate of drug-likeness (QED) is 0.854. The summed E-state index contributed by atoms with van der Waals surface area (Å²) >= 11 is 0. The summed E-state index contributed by atoms with van der Waals surface area (Å²) < 4.78 is 0. The number of aliphatic hydroxyl groups is 1. The van der Waals surface area contributed by atoms with Crippen LogP contribution in [0.3, 0.4) is 0 Å². The van der Waals surface area contributed by atoms with Gasteiger partial charge < -0.3 is 5.11 Å². The Kier molecular flexibility index (Phi) is 3.83. The fourth-order valence-corrected chi connectivity index (χ4v) is 1.89. The van der Waals surface area contributed by atoms with Crippen LogP contribution in [0.2, 0.25) is 0 Å². The van der Waals surface area contributed by atoms with Gasteiger partial charge in [-0.1, -0.05) is 18.2 Å². The minimum absolute atomic E-state index is 0.0723. The van der Waals surface area contributed by atoms with Gasteiger partial charge in [0.25, 0.3) is 0 Å². The van der Waals surface area contributed by atoms with Gasteiger partial charge in [-0.25, -0.2) is 0 Å². The molecular weight excluding hydrogens is 214 g/mol. The number of aromatic nitrogens is 1. The predicted molar refractivity (Wildman–Crippen MR) is 66.8 cm³/mol. The van der Waals surface area contributed by atoms with Crippen LogP contribution >= 0.6 is 0 Å². The van der Waals surface area contributed by atoms with E-state index < -0.39 is 0 Å². The third-order valence-electron chi connectivity index (χ3n) is 2.74. The van der Waals surface area contributed by atoms with Crippen molar-refractivity contribution in [3.05, 3.63) is 42.1 Å². The number of Topliss-reactive ketones (excluding diaryl/α,β-unsaturated/α-hetero) is 1. The number of pyridine rings is 1. The Balaban J connectivity index is 2.21. The maximum atomic E-state index is 11.7. The second-order valence-electron chi connectivity index (χ2n) is 4.03. The fourth-order valence-electron chi connectivity index (χ4n) is 1.89. The normalized spacial score (nSPS) is 10.6. The van der Waals surface area contributed by atoms with Gasteiger partial charge in [-0.3, -0.25) is 9.78 Å². The third kappa shape index (κ3) is 2.88. The lowest BCUT2D eigenvalue weighted by atomic mass is 10.0. The standard InChI is InChI=1S/C14H15NO2/c16-9-3-4-12(17)10-11-7-8-15-14-6-2-1-5-13(11)14/h1-2,5-8,16H,3-4,9-10H2. The largest absolute Gasteiger partial charge is 0.396 e. The molecule has 2 rings (SSSR count). The SMILES string of the molecule is O=C(CCCO)Cc1ccnc2ccccc12. The van der Waals surface area contributed by atoms with Crippen LogP contribution in [0.4, 0.5) is 0 Å². The number of benzene rings is 1. The van der Waals surface area contributed by atoms with Crippen molar-refractivity contribution in [2.45, 2.75) is 19.3 Å². The maximum Gasteiger partial charge on any atom is 0.137 e. The number of ketones is 1. The number of hydrogen-bond donors (Lipinski definition) is 1. The first kappa shape index (κ1) is 11.7. The lowest BCUT2D eigenvalue weighted by molar-refractivity contribution is -0.118. The fraction of sp³-hybridized carbons (Fsp3) is 0.286. The molecule has 0 atom stereocenters. The number of nitrogens with zero attached hydrogens (tertiary/aromatic N) is 1. The Labute approximate surface area is 100 Å². The average Bonchev–Trinajstić information content (AvgIpc) is 2.37. The molecule has 0 unspecified atom stereocenters. The van der Waals surface area contributed by atoms with E-state index in [9.17, 15) is 4.79 Å². The summed E-state index contributed by atoms with van der Waals surface area (Å²) in [5.74, 6) is 0.162. The molecule has 0 amide bonds. The lowest BCUT2D eigenvalue weighted by Crippen LogP contribution is -2.04. The second kappa shape index (κ2) is 5.55. The van der Waals surface area contributed by atoms with E-state index in [1.807, 2.05) is 30.3 Å². The van der Waals surface area contributed by atoms with E-state index in [1.165, 1.54) is 0 Å². The number of rotatable bonds is 5. The van der Waals surface area contributed by atoms with Gasteiger partial charge in [-0.2, -0.15) is 0 Å². The summed E-state index contributed by atoms with van der Waals surface area (Å²) in [5, 5.41) is 9.73. The van der Waals surface area contributed by atoms with Gasteiger partial charge in [0, 0.05) is 31.0 Å². The van der Waals surface area contributed by atoms with Gasteiger partial charge in [0.15, 0.2) is 0 Å². The summed E-state index contributed by atoms with van der Waals surface area (Å²) in [5.41, 5.74) is 1.93. The summed E-state index contributed by atoms with van der Waals surface area (Å²) in [6.07, 6.45) is 3.13. The molecule has 1 N–H and O–H groups in total. The molecule has 0 fully saturated rings. The highest BCUT2D eigenvalue weighted by Crippen LogP contribution is 2.17. The molecule has 1 heterocycles. The van der Waals surface area contributed by atoms with Crippen LogP contribution < -0.4 is 0 Å². The number of carbonyl (C=O) groups is 1. The van der Waals surface area contributed by atoms with Crippen molar-refractivity contribution >= 4 is 16.7 Å². The van der Waals surface area contributed by atoms with Crippen molar-refractivity contribution in [3.63, 3.8) is 0 Å². The number of fused-ring (bicyclic) bond motifs is 1. The van der Waals surface area contributed by atoms with Gasteiger partial charge in [-0.15, -0.1) is 0 Å². The zero-order valence-corrected chi connectivity index (χ0v) is 9.60.